The molecule has 5 nitrogen and oxygen atoms in total. The van der Waals surface area contributed by atoms with E-state index in [-0.39, 0.29) is 41.2 Å². The Kier molecular flexibility index (Phi) is 7.74. The summed E-state index contributed by atoms with van der Waals surface area (Å²) in [7, 11) is 0. The SMILES string of the molecule is Cc1ncc(Cl)c(N)c1C(=O)N(CCc1cccc(C(F)(F)F)c1)Cc1ccc(C(C)(C)C)cn1. The van der Waals surface area contributed by atoms with Gasteiger partial charge in [0.2, 0.25) is 0 Å². The third-order valence-corrected chi connectivity index (χ3v) is 6.03. The first-order valence-corrected chi connectivity index (χ1v) is 11.5. The monoisotopic (exact) mass is 504 g/mol. The largest absolute Gasteiger partial charge is 0.416 e. The number of hydrogen-bond donors (Lipinski definition) is 1. The summed E-state index contributed by atoms with van der Waals surface area (Å²) in [5.74, 6) is -0.413. The quantitative estimate of drug-likeness (QED) is 0.432. The number of nitrogen functional groups attached to an aromatic ring is 1. The Morgan fingerprint density at radius 2 is 1.77 bits per heavy atom. The highest BCUT2D eigenvalue weighted by Crippen LogP contribution is 2.30. The number of benzene rings is 1. The minimum Gasteiger partial charge on any atom is -0.397 e. The van der Waals surface area contributed by atoms with E-state index >= 15 is 0 Å². The predicted molar refractivity (Wildman–Crippen MR) is 131 cm³/mol. The fraction of sp³-hybridized carbons (Fsp3) is 0.346. The van der Waals surface area contributed by atoms with E-state index in [4.69, 9.17) is 17.3 Å². The number of anilines is 1. The molecule has 2 heterocycles. The summed E-state index contributed by atoms with van der Waals surface area (Å²) in [5, 5.41) is 0.157. The molecule has 0 atom stereocenters. The third kappa shape index (κ3) is 6.51. The van der Waals surface area contributed by atoms with Crippen molar-refractivity contribution in [3.63, 3.8) is 0 Å². The van der Waals surface area contributed by atoms with Gasteiger partial charge >= 0.3 is 6.18 Å². The smallest absolute Gasteiger partial charge is 0.397 e. The molecule has 0 aliphatic heterocycles. The highest BCUT2D eigenvalue weighted by molar-refractivity contribution is 6.33. The molecule has 186 valence electrons. The molecule has 0 bridgehead atoms. The van der Waals surface area contributed by atoms with Crippen molar-refractivity contribution in [2.24, 2.45) is 0 Å². The number of halogens is 4. The average molecular weight is 505 g/mol. The maximum Gasteiger partial charge on any atom is 0.416 e. The van der Waals surface area contributed by atoms with Crippen LogP contribution in [0, 0.1) is 6.92 Å². The zero-order valence-electron chi connectivity index (χ0n) is 20.1. The molecule has 0 spiro atoms. The first-order chi connectivity index (χ1) is 16.3. The van der Waals surface area contributed by atoms with Gasteiger partial charge < -0.3 is 10.6 Å². The van der Waals surface area contributed by atoms with Crippen molar-refractivity contribution in [3.8, 4) is 0 Å². The molecule has 9 heteroatoms. The third-order valence-electron chi connectivity index (χ3n) is 5.73. The van der Waals surface area contributed by atoms with E-state index in [1.54, 1.807) is 19.2 Å². The lowest BCUT2D eigenvalue weighted by molar-refractivity contribution is -0.137. The molecule has 0 fully saturated rings. The lowest BCUT2D eigenvalue weighted by Gasteiger charge is -2.25. The van der Waals surface area contributed by atoms with Gasteiger partial charge in [0.1, 0.15) is 0 Å². The van der Waals surface area contributed by atoms with Gasteiger partial charge in [0.15, 0.2) is 0 Å². The number of nitrogens with zero attached hydrogens (tertiary/aromatic N) is 3. The molecule has 0 unspecified atom stereocenters. The minimum absolute atomic E-state index is 0.0808. The van der Waals surface area contributed by atoms with Gasteiger partial charge in [0.25, 0.3) is 5.91 Å². The van der Waals surface area contributed by atoms with Crippen molar-refractivity contribution in [1.82, 2.24) is 14.9 Å². The van der Waals surface area contributed by atoms with Crippen molar-refractivity contribution in [3.05, 3.63) is 87.5 Å². The standard InChI is InChI=1S/C26H28ClF3N4O/c1-16-22(23(31)21(27)14-32-16)24(35)34(15-20-9-8-19(13-33-20)25(2,3)4)11-10-17-6-5-7-18(12-17)26(28,29)30/h5-9,12-14H,10-11,15H2,1-4H3,(H2,31,32). The van der Waals surface area contributed by atoms with Crippen molar-refractivity contribution in [2.75, 3.05) is 12.3 Å². The van der Waals surface area contributed by atoms with Crippen LogP contribution < -0.4 is 5.73 Å². The summed E-state index contributed by atoms with van der Waals surface area (Å²) in [6.07, 6.45) is -1.08. The molecule has 2 N–H and O–H groups in total. The minimum atomic E-state index is -4.44. The second kappa shape index (κ2) is 10.2. The zero-order valence-corrected chi connectivity index (χ0v) is 20.8. The van der Waals surface area contributed by atoms with Gasteiger partial charge in [0, 0.05) is 18.9 Å². The van der Waals surface area contributed by atoms with Crippen molar-refractivity contribution in [1.29, 1.82) is 0 Å². The second-order valence-corrected chi connectivity index (χ2v) is 9.85. The number of aromatic nitrogens is 2. The molecular formula is C26H28ClF3N4O. The molecule has 0 radical (unpaired) electrons. The van der Waals surface area contributed by atoms with Gasteiger partial charge in [-0.05, 0) is 42.0 Å². The number of carbonyl (C=O) groups excluding carboxylic acids is 1. The number of amides is 1. The van der Waals surface area contributed by atoms with Gasteiger partial charge in [0.05, 0.1) is 39.8 Å². The van der Waals surface area contributed by atoms with Gasteiger partial charge in [-0.15, -0.1) is 0 Å². The van der Waals surface area contributed by atoms with Gasteiger partial charge in [-0.1, -0.05) is 56.6 Å². The molecule has 2 aromatic heterocycles. The highest BCUT2D eigenvalue weighted by Gasteiger charge is 2.30. The molecule has 0 saturated heterocycles. The second-order valence-electron chi connectivity index (χ2n) is 9.44. The van der Waals surface area contributed by atoms with Crippen LogP contribution in [-0.4, -0.2) is 27.3 Å². The van der Waals surface area contributed by atoms with Crippen LogP contribution in [0.25, 0.3) is 0 Å². The summed E-state index contributed by atoms with van der Waals surface area (Å²) in [4.78, 5) is 23.7. The molecule has 1 aromatic carbocycles. The van der Waals surface area contributed by atoms with E-state index in [0.717, 1.165) is 17.7 Å². The van der Waals surface area contributed by atoms with Crippen LogP contribution in [0.5, 0.6) is 0 Å². The highest BCUT2D eigenvalue weighted by atomic mass is 35.5. The number of alkyl halides is 3. The van der Waals surface area contributed by atoms with E-state index in [9.17, 15) is 18.0 Å². The normalized spacial score (nSPS) is 12.0. The molecule has 1 amide bonds. The van der Waals surface area contributed by atoms with Crippen molar-refractivity contribution < 1.29 is 18.0 Å². The van der Waals surface area contributed by atoms with Crippen LogP contribution in [0.15, 0.2) is 48.8 Å². The van der Waals surface area contributed by atoms with E-state index in [1.807, 2.05) is 12.1 Å². The maximum atomic E-state index is 13.6. The number of carbonyl (C=O) groups is 1. The maximum absolute atomic E-state index is 13.6. The lowest BCUT2D eigenvalue weighted by atomic mass is 9.88. The van der Waals surface area contributed by atoms with Crippen LogP contribution in [0.1, 0.15) is 59.2 Å². The Labute approximate surface area is 208 Å². The number of nitrogens with two attached hydrogens (primary N) is 1. The van der Waals surface area contributed by atoms with Crippen molar-refractivity contribution in [2.45, 2.75) is 52.3 Å². The number of aryl methyl sites for hydroxylation is 1. The fourth-order valence-corrected chi connectivity index (χ4v) is 3.75. The van der Waals surface area contributed by atoms with Crippen molar-refractivity contribution >= 4 is 23.2 Å². The van der Waals surface area contributed by atoms with Crippen LogP contribution >= 0.6 is 11.6 Å². The van der Waals surface area contributed by atoms with Gasteiger partial charge in [-0.3, -0.25) is 14.8 Å². The summed E-state index contributed by atoms with van der Waals surface area (Å²) < 4.78 is 39.4. The number of pyridine rings is 2. The Morgan fingerprint density at radius 1 is 1.06 bits per heavy atom. The Bertz CT molecular complexity index is 1200. The van der Waals surface area contributed by atoms with Crippen LogP contribution in [0.4, 0.5) is 18.9 Å². The Hall–Kier alpha value is -3.13. The van der Waals surface area contributed by atoms with Crippen LogP contribution in [0.3, 0.4) is 0 Å². The first kappa shape index (κ1) is 26.5. The number of rotatable bonds is 6. The first-order valence-electron chi connectivity index (χ1n) is 11.1. The molecule has 0 aliphatic carbocycles. The zero-order chi connectivity index (χ0) is 26.0. The van der Waals surface area contributed by atoms with Gasteiger partial charge in [-0.25, -0.2) is 0 Å². The average Bonchev–Trinajstić information content (AvgIpc) is 2.78. The van der Waals surface area contributed by atoms with E-state index in [2.05, 4.69) is 30.7 Å². The summed E-state index contributed by atoms with van der Waals surface area (Å²) in [6, 6.07) is 8.89. The molecule has 3 rings (SSSR count). The topological polar surface area (TPSA) is 72.1 Å². The van der Waals surface area contributed by atoms with Gasteiger partial charge in [-0.2, -0.15) is 13.2 Å². The lowest BCUT2D eigenvalue weighted by Crippen LogP contribution is -2.34. The van der Waals surface area contributed by atoms with E-state index in [1.165, 1.54) is 17.2 Å². The molecule has 0 aliphatic rings. The molecule has 35 heavy (non-hydrogen) atoms. The number of hydrogen-bond acceptors (Lipinski definition) is 4. The Morgan fingerprint density at radius 3 is 2.37 bits per heavy atom. The summed E-state index contributed by atoms with van der Waals surface area (Å²) in [6.45, 7) is 8.17. The molecule has 3 aromatic rings. The molecular weight excluding hydrogens is 477 g/mol. The Balaban J connectivity index is 1.91. The van der Waals surface area contributed by atoms with Crippen LogP contribution in [0.2, 0.25) is 5.02 Å². The summed E-state index contributed by atoms with van der Waals surface area (Å²) >= 11 is 6.11. The van der Waals surface area contributed by atoms with E-state index < -0.39 is 17.6 Å². The molecule has 0 saturated carbocycles. The summed E-state index contributed by atoms with van der Waals surface area (Å²) in [5.41, 5.74) is 8.13. The fourth-order valence-electron chi connectivity index (χ4n) is 3.61. The van der Waals surface area contributed by atoms with E-state index in [0.29, 0.717) is 17.0 Å². The predicted octanol–water partition coefficient (Wildman–Crippen LogP) is 6.22. The van der Waals surface area contributed by atoms with Crippen LogP contribution in [-0.2, 0) is 24.6 Å².